The fraction of sp³-hybridized carbons (Fsp3) is 0.571. The first-order valence-electron chi connectivity index (χ1n) is 6.19. The number of nitrogens with zero attached hydrogens (tertiary/aromatic N) is 1. The van der Waals surface area contributed by atoms with Gasteiger partial charge in [-0.15, -0.1) is 0 Å². The average molecular weight is 298 g/mol. The first-order chi connectivity index (χ1) is 8.20. The molecule has 0 saturated carbocycles. The van der Waals surface area contributed by atoms with Crippen molar-refractivity contribution in [2.75, 3.05) is 20.2 Å². The molecular formula is C14H20BrNO. The van der Waals surface area contributed by atoms with Gasteiger partial charge in [0, 0.05) is 23.5 Å². The van der Waals surface area contributed by atoms with E-state index in [0.29, 0.717) is 4.83 Å². The van der Waals surface area contributed by atoms with Crippen molar-refractivity contribution in [3.05, 3.63) is 29.8 Å². The lowest BCUT2D eigenvalue weighted by molar-refractivity contribution is 0.192. The Morgan fingerprint density at radius 3 is 2.88 bits per heavy atom. The van der Waals surface area contributed by atoms with Crippen molar-refractivity contribution in [1.82, 2.24) is 4.90 Å². The van der Waals surface area contributed by atoms with Crippen LogP contribution in [0.1, 0.15) is 18.9 Å². The summed E-state index contributed by atoms with van der Waals surface area (Å²) in [7, 11) is 1.74. The van der Waals surface area contributed by atoms with Gasteiger partial charge in [0.25, 0.3) is 0 Å². The van der Waals surface area contributed by atoms with Crippen molar-refractivity contribution in [3.63, 3.8) is 0 Å². The third-order valence-electron chi connectivity index (χ3n) is 3.54. The van der Waals surface area contributed by atoms with Crippen LogP contribution in [0.4, 0.5) is 0 Å². The van der Waals surface area contributed by atoms with Gasteiger partial charge in [0.05, 0.1) is 7.11 Å². The summed E-state index contributed by atoms with van der Waals surface area (Å²) in [6, 6.07) is 8.29. The maximum absolute atomic E-state index is 5.40. The number of para-hydroxylation sites is 1. The smallest absolute Gasteiger partial charge is 0.123 e. The first kappa shape index (κ1) is 12.9. The van der Waals surface area contributed by atoms with E-state index in [2.05, 4.69) is 39.9 Å². The molecule has 0 aliphatic carbocycles. The largest absolute Gasteiger partial charge is 0.496 e. The van der Waals surface area contributed by atoms with Crippen molar-refractivity contribution in [2.45, 2.75) is 24.7 Å². The summed E-state index contributed by atoms with van der Waals surface area (Å²) in [5.41, 5.74) is 1.28. The number of ether oxygens (including phenoxy) is 1. The standard InChI is InChI=1S/C14H20BrNO/c1-11-7-8-16(10-13(11)15)9-12-5-3-4-6-14(12)17-2/h3-6,11,13H,7-10H2,1-2H3. The van der Waals surface area contributed by atoms with Crippen LogP contribution in [-0.2, 0) is 6.54 Å². The molecule has 2 unspecified atom stereocenters. The van der Waals surface area contributed by atoms with E-state index in [1.54, 1.807) is 7.11 Å². The molecule has 1 saturated heterocycles. The van der Waals surface area contributed by atoms with Gasteiger partial charge in [0.2, 0.25) is 0 Å². The molecule has 2 rings (SSSR count). The number of piperidine rings is 1. The molecule has 1 fully saturated rings. The SMILES string of the molecule is COc1ccccc1CN1CCC(C)C(Br)C1. The minimum absolute atomic E-state index is 0.617. The van der Waals surface area contributed by atoms with E-state index in [-0.39, 0.29) is 0 Å². The van der Waals surface area contributed by atoms with E-state index < -0.39 is 0 Å². The Morgan fingerprint density at radius 1 is 1.41 bits per heavy atom. The number of alkyl halides is 1. The van der Waals surface area contributed by atoms with Gasteiger partial charge in [-0.2, -0.15) is 0 Å². The van der Waals surface area contributed by atoms with E-state index in [9.17, 15) is 0 Å². The van der Waals surface area contributed by atoms with E-state index >= 15 is 0 Å². The predicted octanol–water partition coefficient (Wildman–Crippen LogP) is 3.30. The molecule has 2 atom stereocenters. The fourth-order valence-electron chi connectivity index (χ4n) is 2.30. The quantitative estimate of drug-likeness (QED) is 0.794. The molecule has 0 spiro atoms. The van der Waals surface area contributed by atoms with E-state index in [4.69, 9.17) is 4.74 Å². The minimum atomic E-state index is 0.617. The van der Waals surface area contributed by atoms with Crippen molar-refractivity contribution in [1.29, 1.82) is 0 Å². The van der Waals surface area contributed by atoms with Gasteiger partial charge in [0.15, 0.2) is 0 Å². The summed E-state index contributed by atoms with van der Waals surface area (Å²) < 4.78 is 5.40. The second-order valence-corrected chi connectivity index (χ2v) is 6.01. The molecule has 2 nitrogen and oxygen atoms in total. The summed E-state index contributed by atoms with van der Waals surface area (Å²) in [4.78, 5) is 3.11. The van der Waals surface area contributed by atoms with Gasteiger partial charge in [0.1, 0.15) is 5.75 Å². The number of halogens is 1. The number of methoxy groups -OCH3 is 1. The topological polar surface area (TPSA) is 12.5 Å². The van der Waals surface area contributed by atoms with E-state index in [0.717, 1.165) is 24.8 Å². The fourth-order valence-corrected chi connectivity index (χ4v) is 2.98. The predicted molar refractivity (Wildman–Crippen MR) is 74.8 cm³/mol. The van der Waals surface area contributed by atoms with Crippen molar-refractivity contribution in [3.8, 4) is 5.75 Å². The molecule has 0 bridgehead atoms. The Labute approximate surface area is 112 Å². The molecule has 3 heteroatoms. The van der Waals surface area contributed by atoms with Gasteiger partial charge >= 0.3 is 0 Å². The second-order valence-electron chi connectivity index (χ2n) is 4.83. The number of hydrogen-bond acceptors (Lipinski definition) is 2. The number of likely N-dealkylation sites (tertiary alicyclic amines) is 1. The molecule has 1 aromatic rings. The van der Waals surface area contributed by atoms with Crippen LogP contribution in [0.25, 0.3) is 0 Å². The molecule has 0 N–H and O–H groups in total. The number of benzene rings is 1. The number of hydrogen-bond donors (Lipinski definition) is 0. The Hall–Kier alpha value is -0.540. The maximum atomic E-state index is 5.40. The Balaban J connectivity index is 2.01. The van der Waals surface area contributed by atoms with E-state index in [1.165, 1.54) is 18.5 Å². The Kier molecular flexibility index (Phi) is 4.46. The van der Waals surface area contributed by atoms with Crippen LogP contribution in [0.5, 0.6) is 5.75 Å². The maximum Gasteiger partial charge on any atom is 0.123 e. The average Bonchev–Trinajstić information content (AvgIpc) is 2.34. The molecular weight excluding hydrogens is 278 g/mol. The molecule has 1 aromatic carbocycles. The van der Waals surface area contributed by atoms with Crippen molar-refractivity contribution < 1.29 is 4.74 Å². The lowest BCUT2D eigenvalue weighted by Crippen LogP contribution is -2.39. The van der Waals surface area contributed by atoms with Gasteiger partial charge in [-0.1, -0.05) is 41.1 Å². The highest BCUT2D eigenvalue weighted by Crippen LogP contribution is 2.26. The summed E-state index contributed by atoms with van der Waals surface area (Å²) in [6.07, 6.45) is 1.27. The second kappa shape index (κ2) is 5.87. The van der Waals surface area contributed by atoms with Crippen molar-refractivity contribution in [2.24, 2.45) is 5.92 Å². The van der Waals surface area contributed by atoms with Gasteiger partial charge in [-0.05, 0) is 24.9 Å². The monoisotopic (exact) mass is 297 g/mol. The molecule has 17 heavy (non-hydrogen) atoms. The molecule has 1 heterocycles. The highest BCUT2D eigenvalue weighted by Gasteiger charge is 2.24. The van der Waals surface area contributed by atoms with Crippen LogP contribution in [0.2, 0.25) is 0 Å². The molecule has 1 aliphatic heterocycles. The summed E-state index contributed by atoms with van der Waals surface area (Å²) in [5, 5.41) is 0. The van der Waals surface area contributed by atoms with Crippen LogP contribution < -0.4 is 4.74 Å². The summed E-state index contributed by atoms with van der Waals surface area (Å²) in [5.74, 6) is 1.78. The lowest BCUT2D eigenvalue weighted by Gasteiger charge is -2.34. The van der Waals surface area contributed by atoms with Gasteiger partial charge in [-0.3, -0.25) is 4.90 Å². The van der Waals surface area contributed by atoms with Gasteiger partial charge < -0.3 is 4.74 Å². The van der Waals surface area contributed by atoms with Crippen LogP contribution in [0, 0.1) is 5.92 Å². The lowest BCUT2D eigenvalue weighted by atomic mass is 9.98. The van der Waals surface area contributed by atoms with Crippen molar-refractivity contribution >= 4 is 15.9 Å². The zero-order valence-corrected chi connectivity index (χ0v) is 12.1. The molecule has 0 radical (unpaired) electrons. The highest BCUT2D eigenvalue weighted by molar-refractivity contribution is 9.09. The number of rotatable bonds is 3. The van der Waals surface area contributed by atoms with Crippen LogP contribution in [0.3, 0.4) is 0 Å². The minimum Gasteiger partial charge on any atom is -0.496 e. The molecule has 1 aliphatic rings. The third kappa shape index (κ3) is 3.23. The third-order valence-corrected chi connectivity index (χ3v) is 4.73. The van der Waals surface area contributed by atoms with Gasteiger partial charge in [-0.25, -0.2) is 0 Å². The van der Waals surface area contributed by atoms with E-state index in [1.807, 2.05) is 12.1 Å². The van der Waals surface area contributed by atoms with Crippen LogP contribution >= 0.6 is 15.9 Å². The normalized spacial score (nSPS) is 25.8. The summed E-state index contributed by atoms with van der Waals surface area (Å²) >= 11 is 3.77. The van der Waals surface area contributed by atoms with Crippen LogP contribution in [0.15, 0.2) is 24.3 Å². The molecule has 94 valence electrons. The van der Waals surface area contributed by atoms with Crippen LogP contribution in [-0.4, -0.2) is 29.9 Å². The molecule has 0 amide bonds. The summed E-state index contributed by atoms with van der Waals surface area (Å²) in [6.45, 7) is 5.61. The Morgan fingerprint density at radius 2 is 2.18 bits per heavy atom. The first-order valence-corrected chi connectivity index (χ1v) is 7.10. The molecule has 0 aromatic heterocycles. The zero-order valence-electron chi connectivity index (χ0n) is 10.5. The Bertz CT molecular complexity index is 369. The highest BCUT2D eigenvalue weighted by atomic mass is 79.9. The zero-order chi connectivity index (χ0) is 12.3.